The van der Waals surface area contributed by atoms with Crippen LogP contribution in [0.15, 0.2) is 12.1 Å². The van der Waals surface area contributed by atoms with Crippen molar-refractivity contribution in [3.63, 3.8) is 0 Å². The Labute approximate surface area is 119 Å². The molecule has 0 aliphatic carbocycles. The van der Waals surface area contributed by atoms with Crippen molar-refractivity contribution in [3.8, 4) is 0 Å². The number of rotatable bonds is 6. The molecule has 1 aliphatic heterocycles. The van der Waals surface area contributed by atoms with Gasteiger partial charge in [-0.25, -0.2) is 0 Å². The number of carbonyl (C=O) groups is 1. The van der Waals surface area contributed by atoms with Gasteiger partial charge in [-0.3, -0.25) is 4.79 Å². The highest BCUT2D eigenvalue weighted by atomic mass is 35.5. The normalized spacial score (nSPS) is 13.6. The third kappa shape index (κ3) is 3.41. The van der Waals surface area contributed by atoms with E-state index in [1.54, 1.807) is 0 Å². The lowest BCUT2D eigenvalue weighted by Crippen LogP contribution is -2.19. The van der Waals surface area contributed by atoms with Crippen LogP contribution in [0, 0.1) is 0 Å². The molecule has 1 amide bonds. The van der Waals surface area contributed by atoms with Gasteiger partial charge in [0.05, 0.1) is 17.1 Å². The standard InChI is InChI=1S/C15H21ClN2O/c1-3-5-11(6-4-2)17-14-7-10-8-15(19)18-13(10)9-12(14)16/h7,9,11,17H,3-6,8H2,1-2H3,(H,18,19). The SMILES string of the molecule is CCCC(CCC)Nc1cc2c(cc1Cl)NC(=O)C2. The predicted molar refractivity (Wildman–Crippen MR) is 81.0 cm³/mol. The molecule has 0 bridgehead atoms. The fourth-order valence-electron chi connectivity index (χ4n) is 2.56. The van der Waals surface area contributed by atoms with Gasteiger partial charge >= 0.3 is 0 Å². The van der Waals surface area contributed by atoms with Gasteiger partial charge in [0, 0.05) is 11.7 Å². The van der Waals surface area contributed by atoms with Crippen LogP contribution in [0.25, 0.3) is 0 Å². The van der Waals surface area contributed by atoms with Crippen LogP contribution in [0.1, 0.15) is 45.1 Å². The second kappa shape index (κ2) is 6.29. The van der Waals surface area contributed by atoms with E-state index in [1.165, 1.54) is 0 Å². The van der Waals surface area contributed by atoms with E-state index in [0.717, 1.165) is 42.6 Å². The summed E-state index contributed by atoms with van der Waals surface area (Å²) in [5, 5.41) is 7.02. The summed E-state index contributed by atoms with van der Waals surface area (Å²) < 4.78 is 0. The summed E-state index contributed by atoms with van der Waals surface area (Å²) in [6.07, 6.45) is 5.03. The molecule has 104 valence electrons. The van der Waals surface area contributed by atoms with Crippen LogP contribution in [0.3, 0.4) is 0 Å². The molecule has 1 aromatic rings. The maximum atomic E-state index is 11.4. The molecule has 4 heteroatoms. The molecule has 0 saturated heterocycles. The first-order valence-electron chi connectivity index (χ1n) is 7.02. The molecular weight excluding hydrogens is 260 g/mol. The van der Waals surface area contributed by atoms with Crippen LogP contribution in [0.4, 0.5) is 11.4 Å². The number of anilines is 2. The fourth-order valence-corrected chi connectivity index (χ4v) is 2.78. The number of carbonyl (C=O) groups excluding carboxylic acids is 1. The van der Waals surface area contributed by atoms with E-state index in [0.29, 0.717) is 17.5 Å². The summed E-state index contributed by atoms with van der Waals surface area (Å²) >= 11 is 6.29. The van der Waals surface area contributed by atoms with Crippen molar-refractivity contribution in [2.45, 2.75) is 52.0 Å². The number of amides is 1. The summed E-state index contributed by atoms with van der Waals surface area (Å²) in [6, 6.07) is 4.31. The van der Waals surface area contributed by atoms with Crippen LogP contribution in [0.2, 0.25) is 5.02 Å². The van der Waals surface area contributed by atoms with Gasteiger partial charge in [0.15, 0.2) is 0 Å². The Morgan fingerprint density at radius 3 is 2.63 bits per heavy atom. The smallest absolute Gasteiger partial charge is 0.228 e. The highest BCUT2D eigenvalue weighted by Gasteiger charge is 2.20. The van der Waals surface area contributed by atoms with Gasteiger partial charge in [0.25, 0.3) is 0 Å². The van der Waals surface area contributed by atoms with Crippen molar-refractivity contribution in [1.82, 2.24) is 0 Å². The molecule has 19 heavy (non-hydrogen) atoms. The van der Waals surface area contributed by atoms with E-state index >= 15 is 0 Å². The highest BCUT2D eigenvalue weighted by Crippen LogP contribution is 2.33. The zero-order valence-electron chi connectivity index (χ0n) is 11.6. The lowest BCUT2D eigenvalue weighted by atomic mass is 10.1. The minimum Gasteiger partial charge on any atom is -0.381 e. The van der Waals surface area contributed by atoms with Gasteiger partial charge in [0.2, 0.25) is 5.91 Å². The van der Waals surface area contributed by atoms with Crippen LogP contribution < -0.4 is 10.6 Å². The van der Waals surface area contributed by atoms with Crippen molar-refractivity contribution in [1.29, 1.82) is 0 Å². The molecule has 1 heterocycles. The van der Waals surface area contributed by atoms with Crippen molar-refractivity contribution >= 4 is 28.9 Å². The Morgan fingerprint density at radius 1 is 1.32 bits per heavy atom. The largest absolute Gasteiger partial charge is 0.381 e. The maximum absolute atomic E-state index is 11.4. The van der Waals surface area contributed by atoms with Crippen molar-refractivity contribution in [3.05, 3.63) is 22.7 Å². The molecule has 0 atom stereocenters. The zero-order chi connectivity index (χ0) is 13.8. The van der Waals surface area contributed by atoms with E-state index in [2.05, 4.69) is 24.5 Å². The first-order chi connectivity index (χ1) is 9.13. The van der Waals surface area contributed by atoms with Crippen LogP contribution in [-0.2, 0) is 11.2 Å². The summed E-state index contributed by atoms with van der Waals surface area (Å²) in [4.78, 5) is 11.4. The lowest BCUT2D eigenvalue weighted by Gasteiger charge is -2.20. The van der Waals surface area contributed by atoms with Gasteiger partial charge in [-0.15, -0.1) is 0 Å². The van der Waals surface area contributed by atoms with Crippen molar-refractivity contribution in [2.75, 3.05) is 10.6 Å². The first kappa shape index (κ1) is 14.2. The van der Waals surface area contributed by atoms with Crippen molar-refractivity contribution in [2.24, 2.45) is 0 Å². The minimum absolute atomic E-state index is 0.0434. The Balaban J connectivity index is 2.16. The molecule has 2 rings (SSSR count). The number of hydrogen-bond donors (Lipinski definition) is 2. The van der Waals surface area contributed by atoms with E-state index in [9.17, 15) is 4.79 Å². The number of nitrogens with one attached hydrogen (secondary N) is 2. The Kier molecular flexibility index (Phi) is 4.70. The monoisotopic (exact) mass is 280 g/mol. The average Bonchev–Trinajstić information content (AvgIpc) is 2.69. The molecule has 0 unspecified atom stereocenters. The second-order valence-electron chi connectivity index (χ2n) is 5.13. The van der Waals surface area contributed by atoms with Crippen molar-refractivity contribution < 1.29 is 4.79 Å². The summed E-state index contributed by atoms with van der Waals surface area (Å²) in [6.45, 7) is 4.38. The number of halogens is 1. The van der Waals surface area contributed by atoms with E-state index < -0.39 is 0 Å². The molecule has 0 spiro atoms. The van der Waals surface area contributed by atoms with Gasteiger partial charge in [-0.05, 0) is 30.5 Å². The Bertz CT molecular complexity index is 467. The average molecular weight is 281 g/mol. The maximum Gasteiger partial charge on any atom is 0.228 e. The predicted octanol–water partition coefficient (Wildman–Crippen LogP) is 4.22. The first-order valence-corrected chi connectivity index (χ1v) is 7.40. The molecule has 3 nitrogen and oxygen atoms in total. The van der Waals surface area contributed by atoms with Crippen LogP contribution in [0.5, 0.6) is 0 Å². The minimum atomic E-state index is 0.0434. The van der Waals surface area contributed by atoms with E-state index in [-0.39, 0.29) is 5.91 Å². The molecule has 0 saturated carbocycles. The molecule has 0 radical (unpaired) electrons. The van der Waals surface area contributed by atoms with E-state index in [4.69, 9.17) is 11.6 Å². The topological polar surface area (TPSA) is 41.1 Å². The summed E-state index contributed by atoms with van der Waals surface area (Å²) in [5.41, 5.74) is 2.83. The summed E-state index contributed by atoms with van der Waals surface area (Å²) in [5.74, 6) is 0.0434. The lowest BCUT2D eigenvalue weighted by molar-refractivity contribution is -0.115. The van der Waals surface area contributed by atoms with Gasteiger partial charge < -0.3 is 10.6 Å². The van der Waals surface area contributed by atoms with Gasteiger partial charge in [0.1, 0.15) is 0 Å². The van der Waals surface area contributed by atoms with Crippen LogP contribution >= 0.6 is 11.6 Å². The molecule has 2 N–H and O–H groups in total. The molecule has 1 aliphatic rings. The molecule has 1 aromatic carbocycles. The van der Waals surface area contributed by atoms with Crippen LogP contribution in [-0.4, -0.2) is 11.9 Å². The quantitative estimate of drug-likeness (QED) is 0.819. The second-order valence-corrected chi connectivity index (χ2v) is 5.54. The summed E-state index contributed by atoms with van der Waals surface area (Å²) in [7, 11) is 0. The molecule has 0 fully saturated rings. The van der Waals surface area contributed by atoms with E-state index in [1.807, 2.05) is 12.1 Å². The Hall–Kier alpha value is -1.22. The number of fused-ring (bicyclic) bond motifs is 1. The number of hydrogen-bond acceptors (Lipinski definition) is 2. The third-order valence-electron chi connectivity index (χ3n) is 3.45. The third-order valence-corrected chi connectivity index (χ3v) is 3.76. The fraction of sp³-hybridized carbons (Fsp3) is 0.533. The Morgan fingerprint density at radius 2 is 2.00 bits per heavy atom. The number of benzene rings is 1. The molecular formula is C15H21ClN2O. The van der Waals surface area contributed by atoms with Gasteiger partial charge in [-0.1, -0.05) is 38.3 Å². The highest BCUT2D eigenvalue weighted by molar-refractivity contribution is 6.33. The van der Waals surface area contributed by atoms with Gasteiger partial charge in [-0.2, -0.15) is 0 Å². The molecule has 0 aromatic heterocycles. The zero-order valence-corrected chi connectivity index (χ0v) is 12.3.